The van der Waals surface area contributed by atoms with Gasteiger partial charge in [-0.3, -0.25) is 4.79 Å². The number of aliphatic hydroxyl groups excluding tert-OH is 1. The molecular weight excluding hydrogens is 328 g/mol. The number of aliphatic hydroxyl groups is 1. The normalized spacial score (nSPS) is 17.4. The van der Waals surface area contributed by atoms with Crippen LogP contribution in [0, 0.1) is 0 Å². The Morgan fingerprint density at radius 1 is 1.36 bits per heavy atom. The van der Waals surface area contributed by atoms with Crippen molar-refractivity contribution < 1.29 is 28.5 Å². The molecule has 0 aliphatic carbocycles. The lowest BCUT2D eigenvalue weighted by atomic mass is 10.2. The van der Waals surface area contributed by atoms with Gasteiger partial charge in [-0.15, -0.1) is 0 Å². The van der Waals surface area contributed by atoms with Crippen molar-refractivity contribution in [3.05, 3.63) is 42.1 Å². The first-order valence-corrected chi connectivity index (χ1v) is 7.92. The van der Waals surface area contributed by atoms with Crippen LogP contribution in [0.25, 0.3) is 0 Å². The molecule has 0 unspecified atom stereocenters. The Kier molecular flexibility index (Phi) is 5.52. The van der Waals surface area contributed by atoms with Crippen molar-refractivity contribution in [3.63, 3.8) is 0 Å². The summed E-state index contributed by atoms with van der Waals surface area (Å²) >= 11 is 0. The number of morpholine rings is 1. The van der Waals surface area contributed by atoms with Gasteiger partial charge < -0.3 is 28.6 Å². The fourth-order valence-electron chi connectivity index (χ4n) is 2.51. The highest BCUT2D eigenvalue weighted by Gasteiger charge is 2.29. The summed E-state index contributed by atoms with van der Waals surface area (Å²) in [4.78, 5) is 18.2. The number of carbonyl (C=O) groups is 1. The van der Waals surface area contributed by atoms with Crippen LogP contribution < -0.4 is 9.47 Å². The van der Waals surface area contributed by atoms with Gasteiger partial charge in [-0.2, -0.15) is 0 Å². The second-order valence-electron chi connectivity index (χ2n) is 5.50. The Labute approximate surface area is 144 Å². The van der Waals surface area contributed by atoms with E-state index in [-0.39, 0.29) is 30.9 Å². The molecule has 0 radical (unpaired) electrons. The highest BCUT2D eigenvalue weighted by atomic mass is 16.5. The maximum absolute atomic E-state index is 12.5. The van der Waals surface area contributed by atoms with E-state index in [1.54, 1.807) is 36.3 Å². The van der Waals surface area contributed by atoms with E-state index in [4.69, 9.17) is 18.6 Å². The lowest BCUT2D eigenvalue weighted by Crippen LogP contribution is -2.50. The van der Waals surface area contributed by atoms with Gasteiger partial charge in [0.25, 0.3) is 5.91 Å². The molecule has 1 atom stereocenters. The molecule has 25 heavy (non-hydrogen) atoms. The zero-order valence-corrected chi connectivity index (χ0v) is 13.9. The summed E-state index contributed by atoms with van der Waals surface area (Å²) in [6.07, 6.45) is 1.30. The van der Waals surface area contributed by atoms with Gasteiger partial charge in [0, 0.05) is 6.54 Å². The van der Waals surface area contributed by atoms with Crippen molar-refractivity contribution in [1.82, 2.24) is 9.88 Å². The molecule has 1 N–H and O–H groups in total. The first-order chi connectivity index (χ1) is 12.2. The van der Waals surface area contributed by atoms with Crippen LogP contribution in [-0.2, 0) is 11.3 Å². The summed E-state index contributed by atoms with van der Waals surface area (Å²) < 4.78 is 21.2. The molecule has 1 aliphatic rings. The second-order valence-corrected chi connectivity index (χ2v) is 5.50. The molecule has 0 spiro atoms. The van der Waals surface area contributed by atoms with E-state index in [2.05, 4.69) is 4.98 Å². The lowest BCUT2D eigenvalue weighted by molar-refractivity contribution is -0.0186. The molecule has 1 aromatic heterocycles. The standard InChI is InChI=1S/C17H20N2O6/c1-22-13-2-4-14(5-3-13)24-11-16-18-15(10-25-16)17(21)19-6-7-23-9-12(19)8-20/h2-5,10,12,20H,6-9,11H2,1H3/t12-/m1/s1. The summed E-state index contributed by atoms with van der Waals surface area (Å²) in [5, 5.41) is 9.36. The largest absolute Gasteiger partial charge is 0.497 e. The van der Waals surface area contributed by atoms with E-state index in [0.717, 1.165) is 5.75 Å². The van der Waals surface area contributed by atoms with E-state index in [0.29, 0.717) is 31.4 Å². The second kappa shape index (κ2) is 8.00. The average molecular weight is 348 g/mol. The van der Waals surface area contributed by atoms with Crippen molar-refractivity contribution in [2.75, 3.05) is 33.5 Å². The van der Waals surface area contributed by atoms with Crippen molar-refractivity contribution in [1.29, 1.82) is 0 Å². The number of carbonyl (C=O) groups excluding carboxylic acids is 1. The monoisotopic (exact) mass is 348 g/mol. The number of hydrogen-bond acceptors (Lipinski definition) is 7. The zero-order valence-electron chi connectivity index (χ0n) is 13.9. The Bertz CT molecular complexity index is 699. The fraction of sp³-hybridized carbons (Fsp3) is 0.412. The summed E-state index contributed by atoms with van der Waals surface area (Å²) in [7, 11) is 1.59. The van der Waals surface area contributed by atoms with Crippen LogP contribution in [0.1, 0.15) is 16.4 Å². The molecule has 1 aliphatic heterocycles. The molecule has 0 bridgehead atoms. The molecule has 0 saturated carbocycles. The first-order valence-electron chi connectivity index (χ1n) is 7.92. The van der Waals surface area contributed by atoms with Crippen molar-refractivity contribution in [2.24, 2.45) is 0 Å². The molecule has 1 fully saturated rings. The number of benzene rings is 1. The number of oxazole rings is 1. The number of nitrogens with zero attached hydrogens (tertiary/aromatic N) is 2. The maximum atomic E-state index is 12.5. The van der Waals surface area contributed by atoms with Crippen LogP contribution in [0.2, 0.25) is 0 Å². The van der Waals surface area contributed by atoms with Gasteiger partial charge in [-0.1, -0.05) is 0 Å². The molecule has 2 aromatic rings. The molecule has 2 heterocycles. The van der Waals surface area contributed by atoms with Crippen molar-refractivity contribution >= 4 is 5.91 Å². The topological polar surface area (TPSA) is 94.3 Å². The molecule has 8 nitrogen and oxygen atoms in total. The first kappa shape index (κ1) is 17.2. The third-order valence-electron chi connectivity index (χ3n) is 3.89. The van der Waals surface area contributed by atoms with Gasteiger partial charge in [0.15, 0.2) is 12.3 Å². The number of amides is 1. The number of ether oxygens (including phenoxy) is 3. The molecule has 3 rings (SSSR count). The molecule has 1 aromatic carbocycles. The van der Waals surface area contributed by atoms with E-state index in [1.165, 1.54) is 6.26 Å². The van der Waals surface area contributed by atoms with Gasteiger partial charge in [-0.05, 0) is 24.3 Å². The average Bonchev–Trinajstić information content (AvgIpc) is 3.15. The SMILES string of the molecule is COc1ccc(OCc2nc(C(=O)N3CCOC[C@H]3CO)co2)cc1. The minimum atomic E-state index is -0.364. The van der Waals surface area contributed by atoms with E-state index in [9.17, 15) is 9.90 Å². The number of aromatic nitrogens is 1. The van der Waals surface area contributed by atoms with Crippen LogP contribution >= 0.6 is 0 Å². The molecule has 1 saturated heterocycles. The molecule has 1 amide bonds. The highest BCUT2D eigenvalue weighted by Crippen LogP contribution is 2.18. The van der Waals surface area contributed by atoms with Crippen LogP contribution in [0.4, 0.5) is 0 Å². The quantitative estimate of drug-likeness (QED) is 0.835. The number of methoxy groups -OCH3 is 1. The molecule has 134 valence electrons. The van der Waals surface area contributed by atoms with E-state index < -0.39 is 0 Å². The summed E-state index contributed by atoms with van der Waals surface area (Å²) in [5.41, 5.74) is 0.189. The third kappa shape index (κ3) is 4.09. The molecule has 8 heteroatoms. The van der Waals surface area contributed by atoms with Crippen LogP contribution in [0.15, 0.2) is 34.9 Å². The number of hydrogen-bond donors (Lipinski definition) is 1. The van der Waals surface area contributed by atoms with Crippen LogP contribution in [0.3, 0.4) is 0 Å². The summed E-state index contributed by atoms with van der Waals surface area (Å²) in [6, 6.07) is 6.75. The maximum Gasteiger partial charge on any atom is 0.276 e. The minimum absolute atomic E-state index is 0.103. The smallest absolute Gasteiger partial charge is 0.276 e. The van der Waals surface area contributed by atoms with Crippen LogP contribution in [-0.4, -0.2) is 60.4 Å². The Hall–Kier alpha value is -2.58. The summed E-state index contributed by atoms with van der Waals surface area (Å²) in [5.74, 6) is 1.38. The lowest BCUT2D eigenvalue weighted by Gasteiger charge is -2.33. The molecular formula is C17H20N2O6. The van der Waals surface area contributed by atoms with Gasteiger partial charge >= 0.3 is 0 Å². The van der Waals surface area contributed by atoms with E-state index >= 15 is 0 Å². The predicted molar refractivity (Wildman–Crippen MR) is 86.6 cm³/mol. The zero-order chi connectivity index (χ0) is 17.6. The van der Waals surface area contributed by atoms with Gasteiger partial charge in [0.1, 0.15) is 17.8 Å². The predicted octanol–water partition coefficient (Wildman–Crippen LogP) is 1.10. The van der Waals surface area contributed by atoms with Gasteiger partial charge in [-0.25, -0.2) is 4.98 Å². The number of rotatable bonds is 6. The fourth-order valence-corrected chi connectivity index (χ4v) is 2.51. The van der Waals surface area contributed by atoms with Gasteiger partial charge in [0.05, 0.1) is 33.0 Å². The van der Waals surface area contributed by atoms with Gasteiger partial charge in [0.2, 0.25) is 5.89 Å². The van der Waals surface area contributed by atoms with E-state index in [1.807, 2.05) is 0 Å². The van der Waals surface area contributed by atoms with Crippen molar-refractivity contribution in [3.8, 4) is 11.5 Å². The Morgan fingerprint density at radius 3 is 2.84 bits per heavy atom. The van der Waals surface area contributed by atoms with Crippen molar-refractivity contribution in [2.45, 2.75) is 12.6 Å². The third-order valence-corrected chi connectivity index (χ3v) is 3.89. The highest BCUT2D eigenvalue weighted by molar-refractivity contribution is 5.92. The Morgan fingerprint density at radius 2 is 2.12 bits per heavy atom. The van der Waals surface area contributed by atoms with Crippen LogP contribution in [0.5, 0.6) is 11.5 Å². The Balaban J connectivity index is 1.60. The summed E-state index contributed by atoms with van der Waals surface area (Å²) in [6.45, 7) is 1.11. The minimum Gasteiger partial charge on any atom is -0.497 e.